The second kappa shape index (κ2) is 8.89. The van der Waals surface area contributed by atoms with Crippen LogP contribution < -0.4 is 19.5 Å². The zero-order chi connectivity index (χ0) is 19.1. The molecule has 0 saturated heterocycles. The molecule has 0 aromatic heterocycles. The first kappa shape index (κ1) is 19.3. The minimum absolute atomic E-state index is 0.0205. The van der Waals surface area contributed by atoms with Crippen LogP contribution in [0.25, 0.3) is 0 Å². The van der Waals surface area contributed by atoms with E-state index in [2.05, 4.69) is 5.32 Å². The van der Waals surface area contributed by atoms with Gasteiger partial charge in [-0.05, 0) is 43.7 Å². The van der Waals surface area contributed by atoms with Crippen LogP contribution in [0.5, 0.6) is 17.2 Å². The number of nitrogens with one attached hydrogen (secondary N) is 1. The molecule has 0 atom stereocenters. The monoisotopic (exact) mass is 357 g/mol. The average molecular weight is 357 g/mol. The first-order valence-electron chi connectivity index (χ1n) is 8.29. The highest BCUT2D eigenvalue weighted by Gasteiger charge is 2.12. The van der Waals surface area contributed by atoms with E-state index in [0.717, 1.165) is 5.56 Å². The average Bonchev–Trinajstić information content (AvgIpc) is 2.57. The summed E-state index contributed by atoms with van der Waals surface area (Å²) in [5.41, 5.74) is 1.35. The number of hydrogen-bond donors (Lipinski definition) is 1. The van der Waals surface area contributed by atoms with Crippen LogP contribution in [-0.2, 0) is 16.0 Å². The summed E-state index contributed by atoms with van der Waals surface area (Å²) in [4.78, 5) is 23.3. The van der Waals surface area contributed by atoms with Gasteiger partial charge in [-0.15, -0.1) is 0 Å². The number of methoxy groups -OCH3 is 1. The summed E-state index contributed by atoms with van der Waals surface area (Å²) in [6.07, 6.45) is 0.159. The van der Waals surface area contributed by atoms with Crippen molar-refractivity contribution < 1.29 is 23.8 Å². The largest absolute Gasteiger partial charge is 0.497 e. The van der Waals surface area contributed by atoms with Gasteiger partial charge in [0.2, 0.25) is 5.91 Å². The molecule has 1 N–H and O–H groups in total. The minimum Gasteiger partial charge on any atom is -0.497 e. The molecule has 0 heterocycles. The highest BCUT2D eigenvalue weighted by molar-refractivity contribution is 5.94. The van der Waals surface area contributed by atoms with Crippen molar-refractivity contribution in [1.82, 2.24) is 0 Å². The first-order valence-corrected chi connectivity index (χ1v) is 8.29. The van der Waals surface area contributed by atoms with Crippen LogP contribution in [0, 0.1) is 0 Å². The fourth-order valence-electron chi connectivity index (χ4n) is 2.31. The van der Waals surface area contributed by atoms with Crippen LogP contribution in [0.2, 0.25) is 0 Å². The first-order chi connectivity index (χ1) is 12.4. The van der Waals surface area contributed by atoms with Gasteiger partial charge in [0.1, 0.15) is 17.2 Å². The number of anilines is 1. The summed E-state index contributed by atoms with van der Waals surface area (Å²) in [6.45, 7) is 5.17. The highest BCUT2D eigenvalue weighted by Crippen LogP contribution is 2.30. The molecule has 2 rings (SSSR count). The molecular formula is C20H23NO5. The molecule has 0 bridgehead atoms. The van der Waals surface area contributed by atoms with E-state index in [9.17, 15) is 9.59 Å². The lowest BCUT2D eigenvalue weighted by molar-refractivity contribution is -0.131. The van der Waals surface area contributed by atoms with Gasteiger partial charge in [-0.3, -0.25) is 9.59 Å². The van der Waals surface area contributed by atoms with Gasteiger partial charge in [-0.2, -0.15) is 0 Å². The number of amides is 1. The molecule has 0 saturated carbocycles. The van der Waals surface area contributed by atoms with E-state index in [1.807, 2.05) is 13.8 Å². The van der Waals surface area contributed by atoms with Gasteiger partial charge in [-0.1, -0.05) is 12.1 Å². The molecule has 6 nitrogen and oxygen atoms in total. The van der Waals surface area contributed by atoms with Gasteiger partial charge >= 0.3 is 5.97 Å². The Morgan fingerprint density at radius 2 is 1.69 bits per heavy atom. The zero-order valence-electron chi connectivity index (χ0n) is 15.4. The lowest BCUT2D eigenvalue weighted by atomic mass is 10.1. The zero-order valence-corrected chi connectivity index (χ0v) is 15.4. The quantitative estimate of drug-likeness (QED) is 0.605. The van der Waals surface area contributed by atoms with Gasteiger partial charge in [0.05, 0.1) is 25.3 Å². The molecule has 0 fully saturated rings. The molecule has 26 heavy (non-hydrogen) atoms. The smallest absolute Gasteiger partial charge is 0.308 e. The molecule has 0 unspecified atom stereocenters. The maximum atomic E-state index is 12.4. The number of benzene rings is 2. The maximum absolute atomic E-state index is 12.4. The Labute approximate surface area is 153 Å². The Bertz CT molecular complexity index is 768. The molecule has 0 aliphatic heterocycles. The maximum Gasteiger partial charge on any atom is 0.308 e. The predicted molar refractivity (Wildman–Crippen MR) is 98.8 cm³/mol. The van der Waals surface area contributed by atoms with E-state index >= 15 is 0 Å². The number of carbonyl (C=O) groups is 2. The number of hydrogen-bond acceptors (Lipinski definition) is 5. The molecule has 1 amide bonds. The standard InChI is InChI=1S/C20H23NO5/c1-13(2)25-19-10-9-17(24-4)12-18(19)21-20(23)11-15-5-7-16(8-6-15)26-14(3)22/h5-10,12-13H,11H2,1-4H3,(H,21,23). The van der Waals surface area contributed by atoms with Crippen molar-refractivity contribution in [1.29, 1.82) is 0 Å². The summed E-state index contributed by atoms with van der Waals surface area (Å²) >= 11 is 0. The Kier molecular flexibility index (Phi) is 6.60. The van der Waals surface area contributed by atoms with Crippen LogP contribution in [0.15, 0.2) is 42.5 Å². The van der Waals surface area contributed by atoms with Crippen molar-refractivity contribution in [3.8, 4) is 17.2 Å². The van der Waals surface area contributed by atoms with Crippen LogP contribution >= 0.6 is 0 Å². The van der Waals surface area contributed by atoms with Crippen LogP contribution in [0.1, 0.15) is 26.3 Å². The highest BCUT2D eigenvalue weighted by atomic mass is 16.5. The second-order valence-electron chi connectivity index (χ2n) is 5.99. The van der Waals surface area contributed by atoms with Crippen molar-refractivity contribution in [3.05, 3.63) is 48.0 Å². The van der Waals surface area contributed by atoms with Gasteiger partial charge in [-0.25, -0.2) is 0 Å². The number of rotatable bonds is 7. The molecular weight excluding hydrogens is 334 g/mol. The summed E-state index contributed by atoms with van der Waals surface area (Å²) in [5, 5.41) is 2.86. The van der Waals surface area contributed by atoms with Gasteiger partial charge < -0.3 is 19.5 Å². The van der Waals surface area contributed by atoms with E-state index < -0.39 is 0 Å². The fourth-order valence-corrected chi connectivity index (χ4v) is 2.31. The number of carbonyl (C=O) groups excluding carboxylic acids is 2. The van der Waals surface area contributed by atoms with Crippen LogP contribution in [-0.4, -0.2) is 25.1 Å². The van der Waals surface area contributed by atoms with Crippen molar-refractivity contribution in [3.63, 3.8) is 0 Å². The van der Waals surface area contributed by atoms with Crippen molar-refractivity contribution >= 4 is 17.6 Å². The summed E-state index contributed by atoms with van der Waals surface area (Å²) < 4.78 is 15.9. The van der Waals surface area contributed by atoms with E-state index in [4.69, 9.17) is 14.2 Å². The molecule has 0 aliphatic rings. The van der Waals surface area contributed by atoms with E-state index in [0.29, 0.717) is 22.9 Å². The Hall–Kier alpha value is -3.02. The molecule has 0 spiro atoms. The molecule has 138 valence electrons. The third-order valence-corrected chi connectivity index (χ3v) is 3.37. The molecule has 0 aliphatic carbocycles. The van der Waals surface area contributed by atoms with E-state index in [1.54, 1.807) is 49.6 Å². The fraction of sp³-hybridized carbons (Fsp3) is 0.300. The van der Waals surface area contributed by atoms with Crippen molar-refractivity contribution in [2.24, 2.45) is 0 Å². The van der Waals surface area contributed by atoms with Gasteiger partial charge in [0.25, 0.3) is 0 Å². The van der Waals surface area contributed by atoms with Gasteiger partial charge in [0, 0.05) is 13.0 Å². The van der Waals surface area contributed by atoms with Gasteiger partial charge in [0.15, 0.2) is 0 Å². The van der Waals surface area contributed by atoms with Crippen molar-refractivity contribution in [2.75, 3.05) is 12.4 Å². The Morgan fingerprint density at radius 1 is 1.04 bits per heavy atom. The predicted octanol–water partition coefficient (Wildman–Crippen LogP) is 3.59. The SMILES string of the molecule is COc1ccc(OC(C)C)c(NC(=O)Cc2ccc(OC(C)=O)cc2)c1. The second-order valence-corrected chi connectivity index (χ2v) is 5.99. The topological polar surface area (TPSA) is 73.9 Å². The lowest BCUT2D eigenvalue weighted by Crippen LogP contribution is -2.16. The normalized spacial score (nSPS) is 10.3. The Balaban J connectivity index is 2.07. The molecule has 6 heteroatoms. The van der Waals surface area contributed by atoms with Crippen molar-refractivity contribution in [2.45, 2.75) is 33.3 Å². The molecule has 2 aromatic rings. The van der Waals surface area contributed by atoms with Crippen LogP contribution in [0.4, 0.5) is 5.69 Å². The molecule has 0 radical (unpaired) electrons. The van der Waals surface area contributed by atoms with E-state index in [-0.39, 0.29) is 24.4 Å². The summed E-state index contributed by atoms with van der Waals surface area (Å²) in [5.74, 6) is 1.09. The number of ether oxygens (including phenoxy) is 3. The third kappa shape index (κ3) is 5.81. The van der Waals surface area contributed by atoms with E-state index in [1.165, 1.54) is 6.92 Å². The third-order valence-electron chi connectivity index (χ3n) is 3.37. The Morgan fingerprint density at radius 3 is 2.27 bits per heavy atom. The minimum atomic E-state index is -0.383. The molecule has 2 aromatic carbocycles. The number of esters is 1. The lowest BCUT2D eigenvalue weighted by Gasteiger charge is -2.16. The van der Waals surface area contributed by atoms with Crippen LogP contribution in [0.3, 0.4) is 0 Å². The summed E-state index contributed by atoms with van der Waals surface area (Å²) in [6, 6.07) is 12.1. The summed E-state index contributed by atoms with van der Waals surface area (Å²) in [7, 11) is 1.56.